The standard InChI is InChI=1S/C18H17Cl3N2O7S2/c1-29-17(26)22-12-14(24)23-13(16(25)30-9-18(19,20)21)10(8-32(27,28)15(12)23)7-31-11-5-3-2-4-6-11/h2-6,12,15H,7-9H2,1H3,(H,22,26)/t12?,15-/m1/s1. The number of halogens is 3. The Kier molecular flexibility index (Phi) is 7.55. The maximum atomic E-state index is 12.9. The molecule has 174 valence electrons. The van der Waals surface area contributed by atoms with Gasteiger partial charge >= 0.3 is 12.1 Å². The topological polar surface area (TPSA) is 119 Å². The van der Waals surface area contributed by atoms with Gasteiger partial charge < -0.3 is 14.8 Å². The number of fused-ring (bicyclic) bond motifs is 1. The van der Waals surface area contributed by atoms with Crippen LogP contribution in [0.2, 0.25) is 0 Å². The number of benzene rings is 1. The fourth-order valence-electron chi connectivity index (χ4n) is 3.21. The van der Waals surface area contributed by atoms with Crippen molar-refractivity contribution in [2.75, 3.05) is 25.2 Å². The first-order chi connectivity index (χ1) is 14.9. The second kappa shape index (κ2) is 9.68. The number of sulfone groups is 1. The van der Waals surface area contributed by atoms with Gasteiger partial charge in [-0.2, -0.15) is 0 Å². The molecule has 0 saturated carbocycles. The summed E-state index contributed by atoms with van der Waals surface area (Å²) < 4.78 is 33.4. The van der Waals surface area contributed by atoms with Gasteiger partial charge in [0, 0.05) is 10.6 Å². The predicted molar refractivity (Wildman–Crippen MR) is 119 cm³/mol. The number of methoxy groups -OCH3 is 1. The van der Waals surface area contributed by atoms with Crippen LogP contribution in [0.4, 0.5) is 4.79 Å². The molecule has 9 nitrogen and oxygen atoms in total. The van der Waals surface area contributed by atoms with Gasteiger partial charge in [-0.1, -0.05) is 53.0 Å². The first-order valence-corrected chi connectivity index (χ1v) is 12.8. The van der Waals surface area contributed by atoms with Gasteiger partial charge in [0.25, 0.3) is 5.91 Å². The van der Waals surface area contributed by atoms with Gasteiger partial charge in [0.05, 0.1) is 12.9 Å². The molecule has 2 heterocycles. The molecule has 1 fully saturated rings. The summed E-state index contributed by atoms with van der Waals surface area (Å²) in [7, 11) is -2.87. The third-order valence-corrected chi connectivity index (χ3v) is 7.93. The minimum atomic E-state index is -3.95. The van der Waals surface area contributed by atoms with Crippen molar-refractivity contribution < 1.29 is 32.3 Å². The van der Waals surface area contributed by atoms with E-state index in [0.29, 0.717) is 0 Å². The number of carbonyl (C=O) groups excluding carboxylic acids is 3. The number of β-lactam (4-membered cyclic amide) rings is 1. The van der Waals surface area contributed by atoms with Crippen molar-refractivity contribution in [3.8, 4) is 0 Å². The minimum Gasteiger partial charge on any atom is -0.456 e. The maximum absolute atomic E-state index is 12.9. The first kappa shape index (κ1) is 25.0. The highest BCUT2D eigenvalue weighted by atomic mass is 35.6. The van der Waals surface area contributed by atoms with Crippen molar-refractivity contribution in [1.82, 2.24) is 10.2 Å². The summed E-state index contributed by atoms with van der Waals surface area (Å²) in [6.45, 7) is -0.609. The molecule has 1 N–H and O–H groups in total. The molecule has 2 aliphatic heterocycles. The fraction of sp³-hybridized carbons (Fsp3) is 0.389. The maximum Gasteiger partial charge on any atom is 0.407 e. The van der Waals surface area contributed by atoms with Crippen LogP contribution in [0.1, 0.15) is 0 Å². The van der Waals surface area contributed by atoms with E-state index in [0.717, 1.165) is 16.9 Å². The molecule has 32 heavy (non-hydrogen) atoms. The summed E-state index contributed by atoms with van der Waals surface area (Å²) in [4.78, 5) is 38.7. The Morgan fingerprint density at radius 1 is 1.25 bits per heavy atom. The van der Waals surface area contributed by atoms with Crippen LogP contribution in [0.5, 0.6) is 0 Å². The van der Waals surface area contributed by atoms with Crippen LogP contribution in [-0.4, -0.2) is 71.7 Å². The van der Waals surface area contributed by atoms with Gasteiger partial charge in [0.1, 0.15) is 18.3 Å². The quantitative estimate of drug-likeness (QED) is 0.251. The zero-order chi connectivity index (χ0) is 23.7. The highest BCUT2D eigenvalue weighted by molar-refractivity contribution is 7.99. The van der Waals surface area contributed by atoms with Gasteiger partial charge in [0.15, 0.2) is 15.2 Å². The lowest BCUT2D eigenvalue weighted by Gasteiger charge is -2.49. The number of amides is 2. The lowest BCUT2D eigenvalue weighted by molar-refractivity contribution is -0.151. The van der Waals surface area contributed by atoms with Crippen LogP contribution in [-0.2, 0) is 28.9 Å². The third-order valence-electron chi connectivity index (χ3n) is 4.54. The number of alkyl halides is 3. The lowest BCUT2D eigenvalue weighted by Crippen LogP contribution is -2.74. The number of rotatable bonds is 6. The van der Waals surface area contributed by atoms with Gasteiger partial charge in [-0.25, -0.2) is 18.0 Å². The van der Waals surface area contributed by atoms with E-state index in [2.05, 4.69) is 10.1 Å². The van der Waals surface area contributed by atoms with Crippen molar-refractivity contribution in [3.05, 3.63) is 41.6 Å². The Morgan fingerprint density at radius 2 is 1.91 bits per heavy atom. The smallest absolute Gasteiger partial charge is 0.407 e. The summed E-state index contributed by atoms with van der Waals surface area (Å²) >= 11 is 18.2. The molecular weight excluding hydrogens is 527 g/mol. The molecule has 0 aromatic heterocycles. The normalized spacial score (nSPS) is 22.0. The number of thioether (sulfide) groups is 1. The van der Waals surface area contributed by atoms with Gasteiger partial charge in [-0.15, -0.1) is 11.8 Å². The summed E-state index contributed by atoms with van der Waals surface area (Å²) in [5, 5.41) is 0.707. The van der Waals surface area contributed by atoms with Crippen molar-refractivity contribution in [3.63, 3.8) is 0 Å². The Balaban J connectivity index is 1.95. The monoisotopic (exact) mass is 542 g/mol. The van der Waals surface area contributed by atoms with Crippen LogP contribution in [0.25, 0.3) is 0 Å². The van der Waals surface area contributed by atoms with E-state index in [1.165, 1.54) is 11.8 Å². The van der Waals surface area contributed by atoms with E-state index >= 15 is 0 Å². The molecule has 1 aromatic carbocycles. The molecule has 0 radical (unpaired) electrons. The average Bonchev–Trinajstić information content (AvgIpc) is 2.73. The number of esters is 1. The van der Waals surface area contributed by atoms with E-state index < -0.39 is 55.4 Å². The van der Waals surface area contributed by atoms with E-state index in [9.17, 15) is 22.8 Å². The summed E-state index contributed by atoms with van der Waals surface area (Å²) in [6, 6.07) is 7.68. The largest absolute Gasteiger partial charge is 0.456 e. The molecule has 1 saturated heterocycles. The van der Waals surface area contributed by atoms with Crippen molar-refractivity contribution in [1.29, 1.82) is 0 Å². The second-order valence-electron chi connectivity index (χ2n) is 6.76. The molecule has 14 heteroatoms. The number of nitrogens with one attached hydrogen (secondary N) is 1. The molecule has 2 amide bonds. The van der Waals surface area contributed by atoms with Crippen molar-refractivity contribution in [2.45, 2.75) is 20.1 Å². The third kappa shape index (κ3) is 5.45. The highest BCUT2D eigenvalue weighted by Crippen LogP contribution is 2.39. The Labute approximate surface area is 203 Å². The number of hydrogen-bond donors (Lipinski definition) is 1. The van der Waals surface area contributed by atoms with Crippen molar-refractivity contribution >= 4 is 74.4 Å². The minimum absolute atomic E-state index is 0.0903. The molecule has 3 rings (SSSR count). The van der Waals surface area contributed by atoms with Crippen LogP contribution in [0, 0.1) is 0 Å². The Hall–Kier alpha value is -1.66. The molecule has 0 spiro atoms. The van der Waals surface area contributed by atoms with Crippen LogP contribution < -0.4 is 5.32 Å². The molecule has 2 atom stereocenters. The summed E-state index contributed by atoms with van der Waals surface area (Å²) in [6.07, 6.45) is -0.979. The Bertz CT molecular complexity index is 1060. The second-order valence-corrected chi connectivity index (χ2v) is 12.4. The van der Waals surface area contributed by atoms with Crippen LogP contribution in [0.15, 0.2) is 46.5 Å². The predicted octanol–water partition coefficient (Wildman–Crippen LogP) is 2.27. The molecule has 0 aliphatic carbocycles. The van der Waals surface area contributed by atoms with E-state index in [4.69, 9.17) is 39.5 Å². The van der Waals surface area contributed by atoms with Gasteiger partial charge in [0.2, 0.25) is 3.79 Å². The number of ether oxygens (including phenoxy) is 2. The van der Waals surface area contributed by atoms with Gasteiger partial charge in [-0.3, -0.25) is 9.69 Å². The molecular formula is C18H17Cl3N2O7S2. The van der Waals surface area contributed by atoms with Gasteiger partial charge in [-0.05, 0) is 17.7 Å². The highest BCUT2D eigenvalue weighted by Gasteiger charge is 2.60. The number of alkyl carbamates (subject to hydrolysis) is 1. The molecule has 1 aromatic rings. The fourth-order valence-corrected chi connectivity index (χ4v) is 6.46. The number of hydrogen-bond acceptors (Lipinski definition) is 8. The lowest BCUT2D eigenvalue weighted by atomic mass is 10.0. The van der Waals surface area contributed by atoms with E-state index in [1.54, 1.807) is 0 Å². The van der Waals surface area contributed by atoms with Crippen LogP contribution in [0.3, 0.4) is 0 Å². The zero-order valence-corrected chi connectivity index (χ0v) is 20.3. The van der Waals surface area contributed by atoms with Crippen LogP contribution >= 0.6 is 46.6 Å². The molecule has 2 aliphatic rings. The number of nitrogens with zero attached hydrogens (tertiary/aromatic N) is 1. The Morgan fingerprint density at radius 3 is 2.50 bits per heavy atom. The molecule has 0 bridgehead atoms. The number of carbonyl (C=O) groups is 3. The molecule has 1 unspecified atom stereocenters. The van der Waals surface area contributed by atoms with E-state index in [-0.39, 0.29) is 17.0 Å². The first-order valence-electron chi connectivity index (χ1n) is 8.97. The van der Waals surface area contributed by atoms with Crippen molar-refractivity contribution in [2.24, 2.45) is 0 Å². The van der Waals surface area contributed by atoms with E-state index in [1.807, 2.05) is 30.3 Å². The summed E-state index contributed by atoms with van der Waals surface area (Å²) in [5.41, 5.74) is -0.0790. The average molecular weight is 544 g/mol. The zero-order valence-electron chi connectivity index (χ0n) is 16.4. The summed E-state index contributed by atoms with van der Waals surface area (Å²) in [5.74, 6) is -2.23. The SMILES string of the molecule is COC(=O)NC1C(=O)N2C(C(=O)OCC(Cl)(Cl)Cl)=C(CSc3ccccc3)CS(=O)(=O)[C@H]12.